The van der Waals surface area contributed by atoms with Gasteiger partial charge in [0.1, 0.15) is 6.33 Å². The highest BCUT2D eigenvalue weighted by Crippen LogP contribution is 2.41. The Kier molecular flexibility index (Phi) is 3.87. The predicted octanol–water partition coefficient (Wildman–Crippen LogP) is 2.56. The molecule has 0 aromatic carbocycles. The quantitative estimate of drug-likeness (QED) is 0.869. The first-order valence-corrected chi connectivity index (χ1v) is 9.02. The van der Waals surface area contributed by atoms with Gasteiger partial charge < -0.3 is 4.90 Å². The van der Waals surface area contributed by atoms with Crippen molar-refractivity contribution in [2.75, 3.05) is 24.5 Å². The maximum Gasteiger partial charge on any atom is 0.234 e. The summed E-state index contributed by atoms with van der Waals surface area (Å²) in [6, 6.07) is 2.18. The summed E-state index contributed by atoms with van der Waals surface area (Å²) in [5, 5.41) is 4.32. The van der Waals surface area contributed by atoms with Crippen LogP contribution in [0.2, 0.25) is 0 Å². The Morgan fingerprint density at radius 1 is 1.22 bits per heavy atom. The average molecular weight is 328 g/mol. The molecule has 1 atom stereocenters. The molecule has 6 heteroatoms. The van der Waals surface area contributed by atoms with Crippen LogP contribution in [0.1, 0.15) is 24.8 Å². The van der Waals surface area contributed by atoms with Crippen molar-refractivity contribution < 1.29 is 4.79 Å². The molecule has 2 aliphatic rings. The van der Waals surface area contributed by atoms with Crippen LogP contribution in [0.15, 0.2) is 35.5 Å². The van der Waals surface area contributed by atoms with Crippen molar-refractivity contribution in [2.45, 2.75) is 25.8 Å². The number of anilines is 1. The van der Waals surface area contributed by atoms with E-state index < -0.39 is 0 Å². The van der Waals surface area contributed by atoms with Gasteiger partial charge in [-0.25, -0.2) is 9.97 Å². The number of hydrogen-bond acceptors (Lipinski definition) is 5. The smallest absolute Gasteiger partial charge is 0.234 e. The Bertz CT molecular complexity index is 675. The second-order valence-electron chi connectivity index (χ2n) is 6.53. The van der Waals surface area contributed by atoms with Crippen molar-refractivity contribution in [3.63, 3.8) is 0 Å². The number of amides is 1. The van der Waals surface area contributed by atoms with Crippen LogP contribution >= 0.6 is 11.3 Å². The standard InChI is InChI=1S/C17H20N4OS/c22-16-17(4-6-21(16)15-8-18-13-19-9-15)3-1-5-20(12-17)10-14-2-7-23-11-14/h2,7-9,11,13H,1,3-6,10,12H2/t17-/m0/s1. The summed E-state index contributed by atoms with van der Waals surface area (Å²) in [7, 11) is 0. The third-order valence-electron chi connectivity index (χ3n) is 5.01. The van der Waals surface area contributed by atoms with Gasteiger partial charge in [-0.05, 0) is 48.2 Å². The van der Waals surface area contributed by atoms with Crippen LogP contribution in [-0.4, -0.2) is 40.4 Å². The number of piperidine rings is 1. The van der Waals surface area contributed by atoms with Crippen LogP contribution in [0.25, 0.3) is 0 Å². The van der Waals surface area contributed by atoms with Crippen LogP contribution in [0, 0.1) is 5.41 Å². The van der Waals surface area contributed by atoms with Crippen LogP contribution in [0.5, 0.6) is 0 Å². The zero-order valence-electron chi connectivity index (χ0n) is 13.0. The van der Waals surface area contributed by atoms with Gasteiger partial charge in [-0.15, -0.1) is 0 Å². The van der Waals surface area contributed by atoms with Crippen molar-refractivity contribution in [3.8, 4) is 0 Å². The highest BCUT2D eigenvalue weighted by Gasteiger charge is 2.49. The number of likely N-dealkylation sites (tertiary alicyclic amines) is 1. The van der Waals surface area contributed by atoms with Gasteiger partial charge in [0.15, 0.2) is 0 Å². The molecule has 120 valence electrons. The summed E-state index contributed by atoms with van der Waals surface area (Å²) in [4.78, 5) is 25.5. The van der Waals surface area contributed by atoms with Crippen LogP contribution in [-0.2, 0) is 11.3 Å². The summed E-state index contributed by atoms with van der Waals surface area (Å²) in [5.41, 5.74) is 1.96. The SMILES string of the molecule is O=C1N(c2cncnc2)CC[C@]12CCCN(Cc1ccsc1)C2. The minimum Gasteiger partial charge on any atom is -0.309 e. The summed E-state index contributed by atoms with van der Waals surface area (Å²) >= 11 is 1.73. The fourth-order valence-electron chi connectivity index (χ4n) is 3.88. The Morgan fingerprint density at radius 2 is 2.09 bits per heavy atom. The third kappa shape index (κ3) is 2.77. The fourth-order valence-corrected chi connectivity index (χ4v) is 4.54. The van der Waals surface area contributed by atoms with E-state index in [2.05, 4.69) is 31.7 Å². The summed E-state index contributed by atoms with van der Waals surface area (Å²) in [6.45, 7) is 3.68. The minimum absolute atomic E-state index is 0.218. The molecule has 0 bridgehead atoms. The average Bonchev–Trinajstić information content (AvgIpc) is 3.19. The molecule has 2 saturated heterocycles. The van der Waals surface area contributed by atoms with E-state index in [1.165, 1.54) is 11.9 Å². The van der Waals surface area contributed by atoms with Crippen molar-refractivity contribution >= 4 is 22.9 Å². The number of carbonyl (C=O) groups is 1. The monoisotopic (exact) mass is 328 g/mol. The summed E-state index contributed by atoms with van der Waals surface area (Å²) in [6.07, 6.45) is 7.99. The van der Waals surface area contributed by atoms with E-state index in [-0.39, 0.29) is 11.3 Å². The lowest BCUT2D eigenvalue weighted by molar-refractivity contribution is -0.128. The van der Waals surface area contributed by atoms with Crippen molar-refractivity contribution in [2.24, 2.45) is 5.41 Å². The van der Waals surface area contributed by atoms with Gasteiger partial charge in [-0.1, -0.05) is 0 Å². The van der Waals surface area contributed by atoms with E-state index in [0.717, 1.165) is 51.1 Å². The molecule has 0 radical (unpaired) electrons. The van der Waals surface area contributed by atoms with Gasteiger partial charge in [0.2, 0.25) is 5.91 Å². The Labute approximate surface area is 140 Å². The van der Waals surface area contributed by atoms with Gasteiger partial charge in [-0.2, -0.15) is 11.3 Å². The highest BCUT2D eigenvalue weighted by molar-refractivity contribution is 7.07. The zero-order chi connectivity index (χ0) is 15.7. The van der Waals surface area contributed by atoms with Gasteiger partial charge >= 0.3 is 0 Å². The first-order valence-electron chi connectivity index (χ1n) is 8.07. The summed E-state index contributed by atoms with van der Waals surface area (Å²) < 4.78 is 0. The van der Waals surface area contributed by atoms with Gasteiger partial charge in [0, 0.05) is 19.6 Å². The second kappa shape index (κ2) is 6.02. The highest BCUT2D eigenvalue weighted by atomic mass is 32.1. The fraction of sp³-hybridized carbons (Fsp3) is 0.471. The maximum atomic E-state index is 13.1. The molecule has 1 amide bonds. The molecule has 4 heterocycles. The number of thiophene rings is 1. The van der Waals surface area contributed by atoms with Crippen molar-refractivity contribution in [1.29, 1.82) is 0 Å². The number of aromatic nitrogens is 2. The van der Waals surface area contributed by atoms with E-state index in [9.17, 15) is 4.79 Å². The molecule has 2 aliphatic heterocycles. The van der Waals surface area contributed by atoms with Crippen molar-refractivity contribution in [3.05, 3.63) is 41.1 Å². The molecule has 0 unspecified atom stereocenters. The van der Waals surface area contributed by atoms with E-state index in [4.69, 9.17) is 0 Å². The van der Waals surface area contributed by atoms with Crippen molar-refractivity contribution in [1.82, 2.24) is 14.9 Å². The lowest BCUT2D eigenvalue weighted by Crippen LogP contribution is -2.47. The number of carbonyl (C=O) groups excluding carboxylic acids is 1. The molecule has 5 nitrogen and oxygen atoms in total. The van der Waals surface area contributed by atoms with E-state index in [0.29, 0.717) is 0 Å². The number of hydrogen-bond donors (Lipinski definition) is 0. The normalized spacial score (nSPS) is 25.4. The Morgan fingerprint density at radius 3 is 2.87 bits per heavy atom. The number of nitrogens with zero attached hydrogens (tertiary/aromatic N) is 4. The predicted molar refractivity (Wildman–Crippen MR) is 90.3 cm³/mol. The Hall–Kier alpha value is -1.79. The van der Waals surface area contributed by atoms with Gasteiger partial charge in [0.05, 0.1) is 23.5 Å². The van der Waals surface area contributed by atoms with Crippen LogP contribution < -0.4 is 4.90 Å². The molecule has 0 aliphatic carbocycles. The molecule has 4 rings (SSSR count). The van der Waals surface area contributed by atoms with Gasteiger partial charge in [-0.3, -0.25) is 9.69 Å². The first kappa shape index (κ1) is 14.8. The molecular weight excluding hydrogens is 308 g/mol. The molecule has 1 spiro atoms. The minimum atomic E-state index is -0.218. The van der Waals surface area contributed by atoms with Gasteiger partial charge in [0.25, 0.3) is 0 Å². The Balaban J connectivity index is 1.51. The summed E-state index contributed by atoms with van der Waals surface area (Å²) in [5.74, 6) is 0.252. The largest absolute Gasteiger partial charge is 0.309 e. The molecule has 2 aromatic heterocycles. The number of rotatable bonds is 3. The maximum absolute atomic E-state index is 13.1. The molecule has 0 N–H and O–H groups in total. The molecule has 2 fully saturated rings. The molecule has 23 heavy (non-hydrogen) atoms. The van der Waals surface area contributed by atoms with E-state index in [1.54, 1.807) is 23.7 Å². The van der Waals surface area contributed by atoms with E-state index >= 15 is 0 Å². The van der Waals surface area contributed by atoms with Crippen LogP contribution in [0.3, 0.4) is 0 Å². The third-order valence-corrected chi connectivity index (χ3v) is 5.75. The molecule has 2 aromatic rings. The zero-order valence-corrected chi connectivity index (χ0v) is 13.8. The second-order valence-corrected chi connectivity index (χ2v) is 7.31. The topological polar surface area (TPSA) is 49.3 Å². The molecular formula is C17H20N4OS. The van der Waals surface area contributed by atoms with Crippen LogP contribution in [0.4, 0.5) is 5.69 Å². The molecule has 0 saturated carbocycles. The lowest BCUT2D eigenvalue weighted by atomic mass is 9.78. The first-order chi connectivity index (χ1) is 11.3. The lowest BCUT2D eigenvalue weighted by Gasteiger charge is -2.39. The van der Waals surface area contributed by atoms with E-state index in [1.807, 2.05) is 4.90 Å².